The van der Waals surface area contributed by atoms with Crippen LogP contribution in [0, 0.1) is 5.41 Å². The van der Waals surface area contributed by atoms with Gasteiger partial charge in [-0.15, -0.1) is 0 Å². The third-order valence-electron chi connectivity index (χ3n) is 4.66. The van der Waals surface area contributed by atoms with Crippen LogP contribution in [0.5, 0.6) is 0 Å². The summed E-state index contributed by atoms with van der Waals surface area (Å²) >= 11 is 6.30. The van der Waals surface area contributed by atoms with Gasteiger partial charge in [-0.05, 0) is 62.0 Å². The van der Waals surface area contributed by atoms with Crippen LogP contribution in [0.3, 0.4) is 0 Å². The zero-order valence-electron chi connectivity index (χ0n) is 10.2. The number of hydrogen-bond donors (Lipinski definition) is 1. The van der Waals surface area contributed by atoms with Crippen LogP contribution in [-0.2, 0) is 6.42 Å². The summed E-state index contributed by atoms with van der Waals surface area (Å²) in [7, 11) is 2.19. The van der Waals surface area contributed by atoms with E-state index in [9.17, 15) is 0 Å². The lowest BCUT2D eigenvalue weighted by molar-refractivity contribution is 0.106. The molecule has 3 heteroatoms. The van der Waals surface area contributed by atoms with Gasteiger partial charge >= 0.3 is 0 Å². The Labute approximate surface area is 108 Å². The van der Waals surface area contributed by atoms with Gasteiger partial charge in [0.15, 0.2) is 0 Å². The van der Waals surface area contributed by atoms with Crippen LogP contribution >= 0.6 is 11.6 Å². The van der Waals surface area contributed by atoms with Crippen molar-refractivity contribution >= 4 is 11.6 Å². The van der Waals surface area contributed by atoms with Crippen LogP contribution in [0.1, 0.15) is 30.0 Å². The van der Waals surface area contributed by atoms with Crippen molar-refractivity contribution in [3.05, 3.63) is 34.3 Å². The molecular formula is C14H19ClN2. The Morgan fingerprint density at radius 1 is 1.35 bits per heavy atom. The Balaban J connectivity index is 1.96. The SMILES string of the molecule is CN1CCC2(CC1)Cc1c(Cl)cccc1[C@@H]2N. The average Bonchev–Trinajstić information content (AvgIpc) is 2.60. The van der Waals surface area contributed by atoms with Gasteiger partial charge in [-0.2, -0.15) is 0 Å². The van der Waals surface area contributed by atoms with Gasteiger partial charge in [-0.3, -0.25) is 0 Å². The number of nitrogens with two attached hydrogens (primary N) is 1. The second-order valence-corrected chi connectivity index (χ2v) is 6.03. The first-order valence-electron chi connectivity index (χ1n) is 6.34. The minimum Gasteiger partial charge on any atom is -0.323 e. The van der Waals surface area contributed by atoms with Crippen molar-refractivity contribution in [2.24, 2.45) is 11.1 Å². The molecule has 2 nitrogen and oxygen atoms in total. The van der Waals surface area contributed by atoms with Gasteiger partial charge in [-0.25, -0.2) is 0 Å². The number of hydrogen-bond acceptors (Lipinski definition) is 2. The maximum atomic E-state index is 6.49. The first-order valence-corrected chi connectivity index (χ1v) is 6.72. The summed E-state index contributed by atoms with van der Waals surface area (Å²) < 4.78 is 0. The molecule has 1 spiro atoms. The van der Waals surface area contributed by atoms with Gasteiger partial charge in [0.05, 0.1) is 0 Å². The highest BCUT2D eigenvalue weighted by Crippen LogP contribution is 2.51. The Kier molecular flexibility index (Phi) is 2.69. The number of piperidine rings is 1. The van der Waals surface area contributed by atoms with Crippen LogP contribution in [0.4, 0.5) is 0 Å². The first kappa shape index (κ1) is 11.5. The van der Waals surface area contributed by atoms with E-state index in [1.807, 2.05) is 12.1 Å². The quantitative estimate of drug-likeness (QED) is 0.767. The van der Waals surface area contributed by atoms with Gasteiger partial charge in [0.1, 0.15) is 0 Å². The van der Waals surface area contributed by atoms with Crippen molar-refractivity contribution in [1.82, 2.24) is 4.90 Å². The lowest BCUT2D eigenvalue weighted by Gasteiger charge is -2.41. The molecule has 1 aromatic rings. The molecule has 1 aliphatic carbocycles. The molecule has 1 saturated heterocycles. The summed E-state index contributed by atoms with van der Waals surface area (Å²) in [4.78, 5) is 2.39. The van der Waals surface area contributed by atoms with Crippen molar-refractivity contribution < 1.29 is 0 Å². The van der Waals surface area contributed by atoms with E-state index in [1.54, 1.807) is 0 Å². The molecule has 0 radical (unpaired) electrons. The molecule has 2 N–H and O–H groups in total. The first-order chi connectivity index (χ1) is 8.12. The van der Waals surface area contributed by atoms with E-state index < -0.39 is 0 Å². The Morgan fingerprint density at radius 3 is 2.71 bits per heavy atom. The number of nitrogens with zero attached hydrogens (tertiary/aromatic N) is 1. The summed E-state index contributed by atoms with van der Waals surface area (Å²) in [6.45, 7) is 2.30. The van der Waals surface area contributed by atoms with Gasteiger partial charge in [-0.1, -0.05) is 23.7 Å². The number of rotatable bonds is 0. The predicted molar refractivity (Wildman–Crippen MR) is 71.2 cm³/mol. The molecular weight excluding hydrogens is 232 g/mol. The number of benzene rings is 1. The van der Waals surface area contributed by atoms with Crippen LogP contribution in [-0.4, -0.2) is 25.0 Å². The van der Waals surface area contributed by atoms with Crippen molar-refractivity contribution in [2.75, 3.05) is 20.1 Å². The molecule has 1 atom stereocenters. The summed E-state index contributed by atoms with van der Waals surface area (Å²) in [6, 6.07) is 6.33. The minimum absolute atomic E-state index is 0.171. The highest BCUT2D eigenvalue weighted by atomic mass is 35.5. The molecule has 0 bridgehead atoms. The topological polar surface area (TPSA) is 29.3 Å². The van der Waals surface area contributed by atoms with Gasteiger partial charge < -0.3 is 10.6 Å². The van der Waals surface area contributed by atoms with Gasteiger partial charge in [0.2, 0.25) is 0 Å². The fourth-order valence-corrected chi connectivity index (χ4v) is 3.65. The van der Waals surface area contributed by atoms with Gasteiger partial charge in [0, 0.05) is 11.1 Å². The fraction of sp³-hybridized carbons (Fsp3) is 0.571. The number of likely N-dealkylation sites (tertiary alicyclic amines) is 1. The van der Waals surface area contributed by atoms with E-state index in [1.165, 1.54) is 24.0 Å². The molecule has 0 amide bonds. The van der Waals surface area contributed by atoms with Crippen molar-refractivity contribution in [3.63, 3.8) is 0 Å². The van der Waals surface area contributed by atoms with Gasteiger partial charge in [0.25, 0.3) is 0 Å². The van der Waals surface area contributed by atoms with Crippen LogP contribution in [0.25, 0.3) is 0 Å². The molecule has 0 unspecified atom stereocenters. The Hall–Kier alpha value is -0.570. The molecule has 3 rings (SSSR count). The molecule has 0 saturated carbocycles. The number of fused-ring (bicyclic) bond motifs is 1. The minimum atomic E-state index is 0.171. The maximum Gasteiger partial charge on any atom is 0.0441 e. The lowest BCUT2D eigenvalue weighted by atomic mass is 9.73. The second-order valence-electron chi connectivity index (χ2n) is 5.63. The fourth-order valence-electron chi connectivity index (χ4n) is 3.40. The lowest BCUT2D eigenvalue weighted by Crippen LogP contribution is -2.42. The molecule has 1 aromatic carbocycles. The van der Waals surface area contributed by atoms with E-state index in [4.69, 9.17) is 17.3 Å². The molecule has 2 aliphatic rings. The largest absolute Gasteiger partial charge is 0.323 e. The van der Waals surface area contributed by atoms with Crippen molar-refractivity contribution in [3.8, 4) is 0 Å². The van der Waals surface area contributed by atoms with E-state index in [0.29, 0.717) is 0 Å². The Bertz CT molecular complexity index is 436. The predicted octanol–water partition coefficient (Wildman–Crippen LogP) is 2.61. The normalized spacial score (nSPS) is 27.4. The van der Waals surface area contributed by atoms with Crippen LogP contribution in [0.2, 0.25) is 5.02 Å². The summed E-state index contributed by atoms with van der Waals surface area (Å²) in [5.74, 6) is 0. The highest BCUT2D eigenvalue weighted by Gasteiger charge is 2.45. The van der Waals surface area contributed by atoms with Crippen molar-refractivity contribution in [1.29, 1.82) is 0 Å². The second kappa shape index (κ2) is 3.98. The summed E-state index contributed by atoms with van der Waals surface area (Å²) in [5, 5.41) is 0.897. The molecule has 1 aliphatic heterocycles. The van der Waals surface area contributed by atoms with E-state index in [0.717, 1.165) is 24.5 Å². The van der Waals surface area contributed by atoms with Crippen molar-refractivity contribution in [2.45, 2.75) is 25.3 Å². The van der Waals surface area contributed by atoms with E-state index in [2.05, 4.69) is 18.0 Å². The third-order valence-corrected chi connectivity index (χ3v) is 5.02. The van der Waals surface area contributed by atoms with Crippen LogP contribution in [0.15, 0.2) is 18.2 Å². The molecule has 17 heavy (non-hydrogen) atoms. The summed E-state index contributed by atoms with van der Waals surface area (Å²) in [6.07, 6.45) is 3.45. The molecule has 0 aromatic heterocycles. The monoisotopic (exact) mass is 250 g/mol. The van der Waals surface area contributed by atoms with E-state index in [-0.39, 0.29) is 11.5 Å². The summed E-state index contributed by atoms with van der Waals surface area (Å²) in [5.41, 5.74) is 9.33. The smallest absolute Gasteiger partial charge is 0.0441 e. The standard InChI is InChI=1S/C14H19ClN2/c1-17-7-5-14(6-8-17)9-11-10(13(14)16)3-2-4-12(11)15/h2-4,13H,5-9,16H2,1H3/t13-/m0/s1. The molecule has 92 valence electrons. The number of halogens is 1. The molecule has 1 heterocycles. The zero-order valence-corrected chi connectivity index (χ0v) is 11.0. The third kappa shape index (κ3) is 1.70. The maximum absolute atomic E-state index is 6.49. The highest BCUT2D eigenvalue weighted by molar-refractivity contribution is 6.31. The average molecular weight is 251 g/mol. The Morgan fingerprint density at radius 2 is 2.06 bits per heavy atom. The zero-order chi connectivity index (χ0) is 12.0. The van der Waals surface area contributed by atoms with Crippen LogP contribution < -0.4 is 5.73 Å². The van der Waals surface area contributed by atoms with E-state index >= 15 is 0 Å². The molecule has 1 fully saturated rings.